The highest BCUT2D eigenvalue weighted by Crippen LogP contribution is 2.35. The molecule has 0 spiro atoms. The van der Waals surface area contributed by atoms with Gasteiger partial charge in [0.25, 0.3) is 5.91 Å². The SMILES string of the molecule is C[C@@H]1CCN(C(Cc2cccc3ccccc23)C(N)=O)C(=O)[C@H](c2cc(Cl)cc(Cl)c2)N1C(=O)Cc1ccc2ncccc2c1. The maximum Gasteiger partial charge on any atom is 0.250 e. The molecule has 0 aliphatic carbocycles. The van der Waals surface area contributed by atoms with E-state index in [2.05, 4.69) is 4.98 Å². The van der Waals surface area contributed by atoms with Gasteiger partial charge < -0.3 is 15.5 Å². The van der Waals surface area contributed by atoms with Gasteiger partial charge in [0.15, 0.2) is 0 Å². The number of hydrogen-bond donors (Lipinski definition) is 1. The topological polar surface area (TPSA) is 96.6 Å². The lowest BCUT2D eigenvalue weighted by Gasteiger charge is -2.36. The molecule has 1 aliphatic rings. The molecule has 0 saturated carbocycles. The van der Waals surface area contributed by atoms with Crippen LogP contribution in [0.5, 0.6) is 0 Å². The molecule has 4 aromatic carbocycles. The summed E-state index contributed by atoms with van der Waals surface area (Å²) in [6.07, 6.45) is 2.48. The molecule has 7 nitrogen and oxygen atoms in total. The Hall–Kier alpha value is -4.46. The zero-order valence-electron chi connectivity index (χ0n) is 24.7. The van der Waals surface area contributed by atoms with Crippen molar-refractivity contribution in [1.29, 1.82) is 0 Å². The number of rotatable bonds is 7. The van der Waals surface area contributed by atoms with E-state index >= 15 is 0 Å². The first kappa shape index (κ1) is 30.6. The van der Waals surface area contributed by atoms with Crippen LogP contribution in [0.25, 0.3) is 21.7 Å². The lowest BCUT2D eigenvalue weighted by atomic mass is 9.96. The molecule has 9 heteroatoms. The van der Waals surface area contributed by atoms with Crippen LogP contribution in [0.2, 0.25) is 10.0 Å². The number of benzene rings is 4. The number of carbonyl (C=O) groups is 3. The van der Waals surface area contributed by atoms with Gasteiger partial charge in [0.2, 0.25) is 11.8 Å². The van der Waals surface area contributed by atoms with Gasteiger partial charge in [-0.3, -0.25) is 19.4 Å². The highest BCUT2D eigenvalue weighted by molar-refractivity contribution is 6.34. The van der Waals surface area contributed by atoms with Crippen LogP contribution in [0.1, 0.15) is 36.1 Å². The third-order valence-corrected chi connectivity index (χ3v) is 9.00. The first-order chi connectivity index (χ1) is 21.7. The summed E-state index contributed by atoms with van der Waals surface area (Å²) in [5.74, 6) is -1.25. The summed E-state index contributed by atoms with van der Waals surface area (Å²) in [6.45, 7) is 2.16. The number of nitrogens with two attached hydrogens (primary N) is 1. The second-order valence-electron chi connectivity index (χ2n) is 11.5. The molecule has 6 rings (SSSR count). The van der Waals surface area contributed by atoms with Crippen molar-refractivity contribution in [3.05, 3.63) is 124 Å². The molecule has 0 radical (unpaired) electrons. The van der Waals surface area contributed by atoms with E-state index in [0.29, 0.717) is 22.0 Å². The second-order valence-corrected chi connectivity index (χ2v) is 12.4. The van der Waals surface area contributed by atoms with Gasteiger partial charge in [0.1, 0.15) is 12.1 Å². The molecule has 1 saturated heterocycles. The molecular weight excluding hydrogens is 607 g/mol. The Morgan fingerprint density at radius 1 is 0.933 bits per heavy atom. The summed E-state index contributed by atoms with van der Waals surface area (Å²) in [7, 11) is 0. The average molecular weight is 640 g/mol. The largest absolute Gasteiger partial charge is 0.368 e. The third kappa shape index (κ3) is 6.37. The van der Waals surface area contributed by atoms with Gasteiger partial charge in [0, 0.05) is 40.6 Å². The first-order valence-electron chi connectivity index (χ1n) is 14.9. The second kappa shape index (κ2) is 12.9. The first-order valence-corrected chi connectivity index (χ1v) is 15.6. The fourth-order valence-corrected chi connectivity index (χ4v) is 6.93. The van der Waals surface area contributed by atoms with Gasteiger partial charge in [-0.25, -0.2) is 0 Å². The van der Waals surface area contributed by atoms with Crippen molar-refractivity contribution in [2.24, 2.45) is 5.73 Å². The number of primary amides is 1. The van der Waals surface area contributed by atoms with E-state index in [0.717, 1.165) is 32.8 Å². The van der Waals surface area contributed by atoms with Crippen LogP contribution >= 0.6 is 23.2 Å². The van der Waals surface area contributed by atoms with E-state index in [1.165, 1.54) is 4.90 Å². The number of amides is 3. The molecule has 5 aromatic rings. The molecule has 2 N–H and O–H groups in total. The van der Waals surface area contributed by atoms with Crippen molar-refractivity contribution < 1.29 is 14.4 Å². The number of nitrogens with zero attached hydrogens (tertiary/aromatic N) is 3. The molecule has 1 aliphatic heterocycles. The van der Waals surface area contributed by atoms with Gasteiger partial charge in [-0.05, 0) is 77.2 Å². The molecule has 45 heavy (non-hydrogen) atoms. The molecular formula is C36H32Cl2N4O3. The van der Waals surface area contributed by atoms with E-state index in [1.54, 1.807) is 29.3 Å². The van der Waals surface area contributed by atoms with Gasteiger partial charge in [-0.15, -0.1) is 0 Å². The number of hydrogen-bond acceptors (Lipinski definition) is 4. The van der Waals surface area contributed by atoms with Crippen molar-refractivity contribution in [3.8, 4) is 0 Å². The fourth-order valence-electron chi connectivity index (χ4n) is 6.39. The van der Waals surface area contributed by atoms with E-state index < -0.39 is 23.9 Å². The predicted octanol–water partition coefficient (Wildman–Crippen LogP) is 6.52. The molecule has 1 aromatic heterocycles. The summed E-state index contributed by atoms with van der Waals surface area (Å²) >= 11 is 12.9. The zero-order chi connectivity index (χ0) is 31.7. The van der Waals surface area contributed by atoms with Crippen molar-refractivity contribution in [2.75, 3.05) is 6.54 Å². The summed E-state index contributed by atoms with van der Waals surface area (Å²) in [5, 5.41) is 3.62. The monoisotopic (exact) mass is 638 g/mol. The molecule has 3 atom stereocenters. The van der Waals surface area contributed by atoms with Crippen molar-refractivity contribution in [3.63, 3.8) is 0 Å². The lowest BCUT2D eigenvalue weighted by molar-refractivity contribution is -0.148. The van der Waals surface area contributed by atoms with Crippen LogP contribution in [-0.2, 0) is 27.2 Å². The number of fused-ring (bicyclic) bond motifs is 2. The molecule has 1 unspecified atom stereocenters. The Morgan fingerprint density at radius 2 is 1.67 bits per heavy atom. The van der Waals surface area contributed by atoms with Crippen molar-refractivity contribution in [1.82, 2.24) is 14.8 Å². The van der Waals surface area contributed by atoms with E-state index in [4.69, 9.17) is 28.9 Å². The van der Waals surface area contributed by atoms with Crippen molar-refractivity contribution in [2.45, 2.75) is 44.3 Å². The van der Waals surface area contributed by atoms with E-state index in [1.807, 2.05) is 79.7 Å². The Kier molecular flexibility index (Phi) is 8.74. The smallest absolute Gasteiger partial charge is 0.250 e. The van der Waals surface area contributed by atoms with Crippen LogP contribution in [0.3, 0.4) is 0 Å². The maximum absolute atomic E-state index is 14.7. The molecule has 1 fully saturated rings. The summed E-state index contributed by atoms with van der Waals surface area (Å²) in [5.41, 5.74) is 9.03. The van der Waals surface area contributed by atoms with Crippen LogP contribution in [0, 0.1) is 0 Å². The van der Waals surface area contributed by atoms with E-state index in [9.17, 15) is 14.4 Å². The maximum atomic E-state index is 14.7. The number of carbonyl (C=O) groups excluding carboxylic acids is 3. The standard InChI is InChI=1S/C36H32Cl2N4O3/c1-22-13-15-41(32(35(39)44)20-25-8-4-7-24-6-2-3-10-30(24)25)36(45)34(27-18-28(37)21-29(38)19-27)42(22)33(43)17-23-11-12-31-26(16-23)9-5-14-40-31/h2-12,14,16,18-19,21-22,32,34H,13,15,17,20H2,1H3,(H2,39,44)/t22-,32?,34+/m1/s1. The predicted molar refractivity (Wildman–Crippen MR) is 178 cm³/mol. The average Bonchev–Trinajstić information content (AvgIpc) is 3.14. The lowest BCUT2D eigenvalue weighted by Crippen LogP contribution is -2.52. The summed E-state index contributed by atoms with van der Waals surface area (Å²) in [4.78, 5) is 49.5. The van der Waals surface area contributed by atoms with Gasteiger partial charge in [0.05, 0.1) is 11.9 Å². The van der Waals surface area contributed by atoms with Crippen molar-refractivity contribution >= 4 is 62.6 Å². The van der Waals surface area contributed by atoms with Gasteiger partial charge in [-0.1, -0.05) is 77.8 Å². The fraction of sp³-hybridized carbons (Fsp3) is 0.222. The van der Waals surface area contributed by atoms with Crippen LogP contribution in [-0.4, -0.2) is 51.1 Å². The minimum atomic E-state index is -1.07. The molecule has 2 heterocycles. The number of pyridine rings is 1. The minimum absolute atomic E-state index is 0.0719. The minimum Gasteiger partial charge on any atom is -0.368 e. The van der Waals surface area contributed by atoms with E-state index in [-0.39, 0.29) is 31.3 Å². The number of aromatic nitrogens is 1. The normalized spacial score (nSPS) is 17.8. The molecule has 3 amide bonds. The molecule has 0 bridgehead atoms. The van der Waals surface area contributed by atoms with Crippen LogP contribution < -0.4 is 5.73 Å². The zero-order valence-corrected chi connectivity index (χ0v) is 26.2. The third-order valence-electron chi connectivity index (χ3n) is 8.57. The Labute approximate surface area is 271 Å². The number of halogens is 2. The highest BCUT2D eigenvalue weighted by atomic mass is 35.5. The highest BCUT2D eigenvalue weighted by Gasteiger charge is 2.43. The quantitative estimate of drug-likeness (QED) is 0.219. The summed E-state index contributed by atoms with van der Waals surface area (Å²) in [6, 6.07) is 25.8. The van der Waals surface area contributed by atoms with Crippen LogP contribution in [0.15, 0.2) is 97.2 Å². The Bertz CT molecular complexity index is 1900. The summed E-state index contributed by atoms with van der Waals surface area (Å²) < 4.78 is 0. The van der Waals surface area contributed by atoms with Gasteiger partial charge in [-0.2, -0.15) is 0 Å². The van der Waals surface area contributed by atoms with Crippen LogP contribution in [0.4, 0.5) is 0 Å². The van der Waals surface area contributed by atoms with Gasteiger partial charge >= 0.3 is 0 Å². The Balaban J connectivity index is 1.39. The molecule has 228 valence electrons. The Morgan fingerprint density at radius 3 is 2.44 bits per heavy atom.